The van der Waals surface area contributed by atoms with Gasteiger partial charge in [0.2, 0.25) is 0 Å². The summed E-state index contributed by atoms with van der Waals surface area (Å²) < 4.78 is 0. The first-order valence-electron chi connectivity index (χ1n) is 9.91. The zero-order valence-corrected chi connectivity index (χ0v) is 16.3. The summed E-state index contributed by atoms with van der Waals surface area (Å²) in [5.74, 6) is -1.93. The maximum absolute atomic E-state index is 12.2. The summed E-state index contributed by atoms with van der Waals surface area (Å²) in [5.41, 5.74) is 1.13. The number of carboxylic acids is 2. The smallest absolute Gasteiger partial charge is 0.335 e. The average Bonchev–Trinajstić information content (AvgIpc) is 2.71. The molecule has 0 aliphatic carbocycles. The van der Waals surface area contributed by atoms with Gasteiger partial charge in [0, 0.05) is 19.6 Å². The summed E-state index contributed by atoms with van der Waals surface area (Å²) >= 11 is 0. The maximum atomic E-state index is 12.2. The number of benzene rings is 2. The Kier molecular flexibility index (Phi) is 6.67. The molecule has 0 spiro atoms. The van der Waals surface area contributed by atoms with Gasteiger partial charge in [0.15, 0.2) is 0 Å². The second-order valence-corrected chi connectivity index (χ2v) is 7.82. The quantitative estimate of drug-likeness (QED) is 0.633. The lowest BCUT2D eigenvalue weighted by Crippen LogP contribution is -2.55. The summed E-state index contributed by atoms with van der Waals surface area (Å²) in [4.78, 5) is 25.2. The number of rotatable bonds is 8. The Hall–Kier alpha value is -2.70. The fraction of sp³-hybridized carbons (Fsp3) is 0.391. The first-order valence-corrected chi connectivity index (χ1v) is 9.91. The van der Waals surface area contributed by atoms with Crippen LogP contribution >= 0.6 is 0 Å². The van der Waals surface area contributed by atoms with Crippen LogP contribution in [0.1, 0.15) is 40.7 Å². The molecule has 0 saturated carbocycles. The molecule has 2 atom stereocenters. The zero-order valence-electron chi connectivity index (χ0n) is 16.3. The Morgan fingerprint density at radius 3 is 2.31 bits per heavy atom. The first-order chi connectivity index (χ1) is 13.9. The van der Waals surface area contributed by atoms with Gasteiger partial charge >= 0.3 is 11.9 Å². The molecular formula is C23H27NO5. The monoisotopic (exact) mass is 397 g/mol. The van der Waals surface area contributed by atoms with E-state index in [9.17, 15) is 19.8 Å². The summed E-state index contributed by atoms with van der Waals surface area (Å²) in [6.45, 7) is 1.41. The van der Waals surface area contributed by atoms with E-state index in [-0.39, 0.29) is 12.1 Å². The van der Waals surface area contributed by atoms with Gasteiger partial charge in [-0.25, -0.2) is 4.79 Å². The predicted molar refractivity (Wildman–Crippen MR) is 109 cm³/mol. The van der Waals surface area contributed by atoms with Gasteiger partial charge in [-0.3, -0.25) is 9.69 Å². The van der Waals surface area contributed by atoms with E-state index in [1.165, 1.54) is 0 Å². The van der Waals surface area contributed by atoms with Crippen LogP contribution in [0.25, 0.3) is 0 Å². The van der Waals surface area contributed by atoms with Crippen LogP contribution in [0.3, 0.4) is 0 Å². The number of aryl methyl sites for hydroxylation is 1. The second-order valence-electron chi connectivity index (χ2n) is 7.82. The van der Waals surface area contributed by atoms with E-state index in [0.717, 1.165) is 17.5 Å². The van der Waals surface area contributed by atoms with Gasteiger partial charge in [0.1, 0.15) is 5.41 Å². The van der Waals surface area contributed by atoms with Crippen molar-refractivity contribution in [1.82, 2.24) is 4.90 Å². The Bertz CT molecular complexity index is 836. The summed E-state index contributed by atoms with van der Waals surface area (Å²) in [6.07, 6.45) is 1.41. The van der Waals surface area contributed by atoms with Gasteiger partial charge in [0.05, 0.1) is 11.7 Å². The third kappa shape index (κ3) is 5.02. The molecule has 3 N–H and O–H groups in total. The predicted octanol–water partition coefficient (Wildman–Crippen LogP) is 3.05. The average molecular weight is 397 g/mol. The number of aliphatic hydroxyl groups excluding tert-OH is 1. The van der Waals surface area contributed by atoms with Crippen molar-refractivity contribution < 1.29 is 24.9 Å². The molecule has 1 fully saturated rings. The molecule has 6 nitrogen and oxygen atoms in total. The molecule has 0 radical (unpaired) electrons. The van der Waals surface area contributed by atoms with E-state index in [1.54, 1.807) is 24.3 Å². The summed E-state index contributed by atoms with van der Waals surface area (Å²) in [7, 11) is 0. The third-order valence-electron chi connectivity index (χ3n) is 5.83. The fourth-order valence-corrected chi connectivity index (χ4v) is 4.13. The van der Waals surface area contributed by atoms with E-state index < -0.39 is 23.5 Å². The van der Waals surface area contributed by atoms with Gasteiger partial charge in [-0.2, -0.15) is 0 Å². The van der Waals surface area contributed by atoms with Crippen molar-refractivity contribution in [2.45, 2.75) is 38.3 Å². The van der Waals surface area contributed by atoms with Crippen LogP contribution in [0.4, 0.5) is 0 Å². The van der Waals surface area contributed by atoms with Crippen LogP contribution in [0, 0.1) is 5.41 Å². The fourth-order valence-electron chi connectivity index (χ4n) is 4.13. The molecule has 0 aromatic heterocycles. The lowest BCUT2D eigenvalue weighted by atomic mass is 9.73. The minimum absolute atomic E-state index is 0.226. The van der Waals surface area contributed by atoms with Crippen LogP contribution < -0.4 is 0 Å². The largest absolute Gasteiger partial charge is 0.481 e. The summed E-state index contributed by atoms with van der Waals surface area (Å²) in [6, 6.07) is 16.6. The Morgan fingerprint density at radius 1 is 1.00 bits per heavy atom. The standard InChI is InChI=1S/C23H27NO5/c25-20-12-14-24(15-18-8-10-19(11-9-18)21(26)27)16-23(20,22(28)29)13-4-7-17-5-2-1-3-6-17/h1-3,5-6,8-11,20,25H,4,7,12-16H2,(H,26,27)(H,28,29)/t20-,23-/m1/s1. The van der Waals surface area contributed by atoms with Crippen molar-refractivity contribution >= 4 is 11.9 Å². The molecule has 1 aliphatic heterocycles. The first kappa shape index (κ1) is 21.0. The highest BCUT2D eigenvalue weighted by Gasteiger charge is 2.48. The normalized spacial score (nSPS) is 22.3. The minimum atomic E-state index is -1.19. The van der Waals surface area contributed by atoms with Crippen LogP contribution in [0.5, 0.6) is 0 Å². The highest BCUT2D eigenvalue weighted by atomic mass is 16.4. The van der Waals surface area contributed by atoms with Crippen LogP contribution in [0.15, 0.2) is 54.6 Å². The molecule has 0 amide bonds. The van der Waals surface area contributed by atoms with E-state index >= 15 is 0 Å². The number of aliphatic carboxylic acids is 1. The number of likely N-dealkylation sites (tertiary alicyclic amines) is 1. The Balaban J connectivity index is 1.67. The molecule has 0 unspecified atom stereocenters. The molecule has 1 heterocycles. The number of hydrogen-bond acceptors (Lipinski definition) is 4. The molecule has 154 valence electrons. The number of hydrogen-bond donors (Lipinski definition) is 3. The van der Waals surface area contributed by atoms with E-state index in [0.29, 0.717) is 32.4 Å². The number of aliphatic hydroxyl groups is 1. The highest BCUT2D eigenvalue weighted by molar-refractivity contribution is 5.87. The second kappa shape index (κ2) is 9.20. The molecule has 1 saturated heterocycles. The molecule has 2 aromatic rings. The van der Waals surface area contributed by atoms with E-state index in [2.05, 4.69) is 0 Å². The van der Waals surface area contributed by atoms with Crippen LogP contribution in [0.2, 0.25) is 0 Å². The lowest BCUT2D eigenvalue weighted by molar-refractivity contribution is -0.164. The minimum Gasteiger partial charge on any atom is -0.481 e. The van der Waals surface area contributed by atoms with Crippen molar-refractivity contribution in [3.63, 3.8) is 0 Å². The van der Waals surface area contributed by atoms with E-state index in [1.807, 2.05) is 35.2 Å². The topological polar surface area (TPSA) is 98.1 Å². The van der Waals surface area contributed by atoms with Gasteiger partial charge < -0.3 is 15.3 Å². The summed E-state index contributed by atoms with van der Waals surface area (Å²) in [5, 5.41) is 29.6. The number of carbonyl (C=O) groups is 2. The van der Waals surface area contributed by atoms with Crippen LogP contribution in [-0.4, -0.2) is 51.4 Å². The Morgan fingerprint density at radius 2 is 1.69 bits per heavy atom. The van der Waals surface area contributed by atoms with E-state index in [4.69, 9.17) is 5.11 Å². The third-order valence-corrected chi connectivity index (χ3v) is 5.83. The molecule has 6 heteroatoms. The lowest BCUT2D eigenvalue weighted by Gasteiger charge is -2.43. The molecule has 29 heavy (non-hydrogen) atoms. The number of aromatic carboxylic acids is 1. The van der Waals surface area contributed by atoms with Gasteiger partial charge in [-0.05, 0) is 48.9 Å². The number of nitrogens with zero attached hydrogens (tertiary/aromatic N) is 1. The van der Waals surface area contributed by atoms with Gasteiger partial charge in [-0.1, -0.05) is 42.5 Å². The van der Waals surface area contributed by atoms with Gasteiger partial charge in [-0.15, -0.1) is 0 Å². The molecule has 0 bridgehead atoms. The maximum Gasteiger partial charge on any atom is 0.335 e. The number of carboxylic acid groups (broad SMARTS) is 2. The SMILES string of the molecule is O=C(O)c1ccc(CN2CC[C@@H](O)[C@](CCCc3ccccc3)(C(=O)O)C2)cc1. The van der Waals surface area contributed by atoms with Gasteiger partial charge in [0.25, 0.3) is 0 Å². The highest BCUT2D eigenvalue weighted by Crippen LogP contribution is 2.36. The van der Waals surface area contributed by atoms with Crippen molar-refractivity contribution in [3.05, 3.63) is 71.3 Å². The van der Waals surface area contributed by atoms with Crippen LogP contribution in [-0.2, 0) is 17.8 Å². The molecule has 3 rings (SSSR count). The van der Waals surface area contributed by atoms with Crippen molar-refractivity contribution in [2.24, 2.45) is 5.41 Å². The molecular weight excluding hydrogens is 370 g/mol. The molecule has 1 aliphatic rings. The zero-order chi connectivity index (χ0) is 20.9. The van der Waals surface area contributed by atoms with Crippen molar-refractivity contribution in [3.8, 4) is 0 Å². The van der Waals surface area contributed by atoms with Crippen molar-refractivity contribution in [2.75, 3.05) is 13.1 Å². The Labute approximate surface area is 170 Å². The molecule has 2 aromatic carbocycles. The van der Waals surface area contributed by atoms with Crippen molar-refractivity contribution in [1.29, 1.82) is 0 Å². The number of piperidine rings is 1.